The first-order valence-electron chi connectivity index (χ1n) is 6.22. The molecule has 20 heavy (non-hydrogen) atoms. The average Bonchev–Trinajstić information content (AvgIpc) is 2.52. The fraction of sp³-hybridized carbons (Fsp3) is 0.188. The molecule has 0 fully saturated rings. The van der Waals surface area contributed by atoms with Crippen molar-refractivity contribution >= 4 is 0 Å². The molecule has 0 aliphatic rings. The van der Waals surface area contributed by atoms with E-state index in [1.54, 1.807) is 31.4 Å². The Morgan fingerprint density at radius 1 is 0.900 bits per heavy atom. The van der Waals surface area contributed by atoms with Crippen molar-refractivity contribution < 1.29 is 14.2 Å². The minimum Gasteiger partial charge on any atom is -0.493 e. The summed E-state index contributed by atoms with van der Waals surface area (Å²) in [7, 11) is 1.61. The van der Waals surface area contributed by atoms with Crippen molar-refractivity contribution in [3.63, 3.8) is 0 Å². The first-order valence-corrected chi connectivity index (χ1v) is 6.22. The Morgan fingerprint density at radius 3 is 2.20 bits per heavy atom. The average molecular weight is 269 g/mol. The quantitative estimate of drug-likeness (QED) is 0.756. The first kappa shape index (κ1) is 13.8. The summed E-state index contributed by atoms with van der Waals surface area (Å²) in [6.07, 6.45) is 0. The molecule has 102 valence electrons. The van der Waals surface area contributed by atoms with Crippen LogP contribution in [-0.4, -0.2) is 20.3 Å². The van der Waals surface area contributed by atoms with Crippen LogP contribution in [0.4, 0.5) is 0 Å². The molecule has 0 saturated carbocycles. The lowest BCUT2D eigenvalue weighted by Crippen LogP contribution is -2.09. The van der Waals surface area contributed by atoms with Gasteiger partial charge in [-0.05, 0) is 36.4 Å². The van der Waals surface area contributed by atoms with Gasteiger partial charge in [0.15, 0.2) is 11.5 Å². The summed E-state index contributed by atoms with van der Waals surface area (Å²) >= 11 is 0. The largest absolute Gasteiger partial charge is 0.493 e. The van der Waals surface area contributed by atoms with Gasteiger partial charge in [0.05, 0.1) is 18.7 Å². The van der Waals surface area contributed by atoms with Gasteiger partial charge >= 0.3 is 0 Å². The number of methoxy groups -OCH3 is 1. The highest BCUT2D eigenvalue weighted by Gasteiger charge is 2.02. The van der Waals surface area contributed by atoms with Crippen molar-refractivity contribution in [1.82, 2.24) is 0 Å². The van der Waals surface area contributed by atoms with Gasteiger partial charge in [-0.2, -0.15) is 5.26 Å². The predicted molar refractivity (Wildman–Crippen MR) is 75.1 cm³/mol. The number of nitrogens with zero attached hydrogens (tertiary/aromatic N) is 1. The van der Waals surface area contributed by atoms with E-state index in [2.05, 4.69) is 6.07 Å². The van der Waals surface area contributed by atoms with Crippen molar-refractivity contribution in [1.29, 1.82) is 5.26 Å². The summed E-state index contributed by atoms with van der Waals surface area (Å²) in [5, 5.41) is 8.70. The van der Waals surface area contributed by atoms with Gasteiger partial charge in [-0.3, -0.25) is 0 Å². The second-order valence-corrected chi connectivity index (χ2v) is 3.98. The second kappa shape index (κ2) is 7.05. The Balaban J connectivity index is 1.80. The van der Waals surface area contributed by atoms with Crippen LogP contribution in [0.5, 0.6) is 17.2 Å². The minimum atomic E-state index is 0.417. The molecule has 0 spiro atoms. The highest BCUT2D eigenvalue weighted by molar-refractivity contribution is 5.39. The molecule has 4 nitrogen and oxygen atoms in total. The third-order valence-corrected chi connectivity index (χ3v) is 2.66. The van der Waals surface area contributed by atoms with Gasteiger partial charge in [0.1, 0.15) is 19.0 Å². The molecule has 0 aromatic heterocycles. The van der Waals surface area contributed by atoms with Gasteiger partial charge in [-0.25, -0.2) is 0 Å². The fourth-order valence-electron chi connectivity index (χ4n) is 1.67. The van der Waals surface area contributed by atoms with E-state index in [1.807, 2.05) is 24.3 Å². The highest BCUT2D eigenvalue weighted by atomic mass is 16.5. The Hall–Kier alpha value is -2.67. The smallest absolute Gasteiger partial charge is 0.161 e. The fourth-order valence-corrected chi connectivity index (χ4v) is 1.67. The summed E-state index contributed by atoms with van der Waals surface area (Å²) in [6.45, 7) is 0.838. The van der Waals surface area contributed by atoms with Gasteiger partial charge in [-0.15, -0.1) is 0 Å². The van der Waals surface area contributed by atoms with E-state index in [1.165, 1.54) is 0 Å². The lowest BCUT2D eigenvalue weighted by atomic mass is 10.2. The van der Waals surface area contributed by atoms with E-state index in [9.17, 15) is 0 Å². The predicted octanol–water partition coefficient (Wildman–Crippen LogP) is 3.02. The molecule has 2 rings (SSSR count). The molecule has 0 N–H and O–H groups in total. The van der Waals surface area contributed by atoms with Gasteiger partial charge in [0, 0.05) is 0 Å². The van der Waals surface area contributed by atoms with Crippen molar-refractivity contribution in [3.05, 3.63) is 54.1 Å². The molecule has 0 saturated heterocycles. The van der Waals surface area contributed by atoms with Crippen LogP contribution in [0.15, 0.2) is 48.5 Å². The van der Waals surface area contributed by atoms with E-state index in [-0.39, 0.29) is 0 Å². The van der Waals surface area contributed by atoms with Gasteiger partial charge < -0.3 is 14.2 Å². The molecule has 0 amide bonds. The number of ether oxygens (including phenoxy) is 3. The standard InChI is InChI=1S/C16H15NO3/c1-18-15-4-2-3-5-16(15)20-11-10-19-14-8-6-13(12-17)7-9-14/h2-9H,10-11H2,1H3. The maximum absolute atomic E-state index is 8.70. The van der Waals surface area contributed by atoms with Crippen molar-refractivity contribution in [2.75, 3.05) is 20.3 Å². The third-order valence-electron chi connectivity index (χ3n) is 2.66. The van der Waals surface area contributed by atoms with Crippen LogP contribution in [0.1, 0.15) is 5.56 Å². The van der Waals surface area contributed by atoms with E-state index in [4.69, 9.17) is 19.5 Å². The van der Waals surface area contributed by atoms with E-state index in [0.29, 0.717) is 36.0 Å². The Bertz CT molecular complexity index is 587. The number of benzene rings is 2. The Labute approximate surface area is 118 Å². The normalized spacial score (nSPS) is 9.60. The van der Waals surface area contributed by atoms with Crippen molar-refractivity contribution in [2.24, 2.45) is 0 Å². The maximum Gasteiger partial charge on any atom is 0.161 e. The van der Waals surface area contributed by atoms with E-state index >= 15 is 0 Å². The summed E-state index contributed by atoms with van der Waals surface area (Å²) < 4.78 is 16.3. The summed E-state index contributed by atoms with van der Waals surface area (Å²) in [5.41, 5.74) is 0.614. The summed E-state index contributed by atoms with van der Waals surface area (Å²) in [6, 6.07) is 16.5. The topological polar surface area (TPSA) is 51.5 Å². The van der Waals surface area contributed by atoms with Crippen molar-refractivity contribution in [2.45, 2.75) is 0 Å². The molecule has 2 aromatic rings. The molecule has 0 radical (unpaired) electrons. The number of rotatable bonds is 6. The Morgan fingerprint density at radius 2 is 1.55 bits per heavy atom. The van der Waals surface area contributed by atoms with E-state index in [0.717, 1.165) is 0 Å². The zero-order valence-electron chi connectivity index (χ0n) is 11.2. The molecule has 0 heterocycles. The lowest BCUT2D eigenvalue weighted by Gasteiger charge is -2.11. The van der Waals surface area contributed by atoms with Crippen LogP contribution in [0.25, 0.3) is 0 Å². The SMILES string of the molecule is COc1ccccc1OCCOc1ccc(C#N)cc1. The van der Waals surface area contributed by atoms with Crippen LogP contribution in [0.3, 0.4) is 0 Å². The summed E-state index contributed by atoms with van der Waals surface area (Å²) in [5.74, 6) is 2.11. The van der Waals surface area contributed by atoms with Gasteiger partial charge in [0.25, 0.3) is 0 Å². The van der Waals surface area contributed by atoms with Crippen LogP contribution < -0.4 is 14.2 Å². The third kappa shape index (κ3) is 3.66. The van der Waals surface area contributed by atoms with Crippen LogP contribution >= 0.6 is 0 Å². The van der Waals surface area contributed by atoms with Crippen LogP contribution in [0, 0.1) is 11.3 Å². The molecule has 0 atom stereocenters. The van der Waals surface area contributed by atoms with Crippen molar-refractivity contribution in [3.8, 4) is 23.3 Å². The molecule has 0 aliphatic carbocycles. The monoisotopic (exact) mass is 269 g/mol. The van der Waals surface area contributed by atoms with Gasteiger partial charge in [0.2, 0.25) is 0 Å². The highest BCUT2D eigenvalue weighted by Crippen LogP contribution is 2.25. The number of hydrogen-bond acceptors (Lipinski definition) is 4. The molecule has 0 aliphatic heterocycles. The molecule has 0 unspecified atom stereocenters. The van der Waals surface area contributed by atoms with Crippen LogP contribution in [0.2, 0.25) is 0 Å². The number of para-hydroxylation sites is 2. The minimum absolute atomic E-state index is 0.417. The first-order chi connectivity index (χ1) is 9.83. The molecular weight excluding hydrogens is 254 g/mol. The molecule has 2 aromatic carbocycles. The second-order valence-electron chi connectivity index (χ2n) is 3.98. The molecule has 4 heteroatoms. The maximum atomic E-state index is 8.70. The Kier molecular flexibility index (Phi) is 4.85. The number of hydrogen-bond donors (Lipinski definition) is 0. The zero-order chi connectivity index (χ0) is 14.2. The lowest BCUT2D eigenvalue weighted by molar-refractivity contribution is 0.211. The van der Waals surface area contributed by atoms with Gasteiger partial charge in [-0.1, -0.05) is 12.1 Å². The summed E-state index contributed by atoms with van der Waals surface area (Å²) in [4.78, 5) is 0. The van der Waals surface area contributed by atoms with E-state index < -0.39 is 0 Å². The van der Waals surface area contributed by atoms with Crippen LogP contribution in [-0.2, 0) is 0 Å². The number of nitriles is 1. The molecular formula is C16H15NO3. The molecule has 0 bridgehead atoms. The zero-order valence-corrected chi connectivity index (χ0v) is 11.2.